The standard InChI is InChI=1S/C11H7BrClFN2OS/c12-9-5-15-11(18-9)16-10(17)4-6-7(13)2-1-3-8(6)14/h1-3,5H,4H2,(H,15,16,17). The number of nitrogens with zero attached hydrogens (tertiary/aromatic N) is 1. The molecule has 0 saturated heterocycles. The molecule has 1 amide bonds. The van der Waals surface area contributed by atoms with Crippen LogP contribution >= 0.6 is 38.9 Å². The molecule has 1 aromatic heterocycles. The van der Waals surface area contributed by atoms with Crippen LogP contribution in [0.25, 0.3) is 0 Å². The van der Waals surface area contributed by atoms with Crippen molar-refractivity contribution in [3.63, 3.8) is 0 Å². The first-order valence-corrected chi connectivity index (χ1v) is 6.89. The van der Waals surface area contributed by atoms with E-state index in [1.807, 2.05) is 0 Å². The van der Waals surface area contributed by atoms with E-state index in [-0.39, 0.29) is 22.9 Å². The number of carbonyl (C=O) groups excluding carboxylic acids is 1. The SMILES string of the molecule is O=C(Cc1c(F)cccc1Cl)Nc1ncc(Br)s1. The first-order chi connectivity index (χ1) is 8.56. The summed E-state index contributed by atoms with van der Waals surface area (Å²) in [4.78, 5) is 15.7. The minimum atomic E-state index is -0.488. The van der Waals surface area contributed by atoms with Gasteiger partial charge >= 0.3 is 0 Å². The summed E-state index contributed by atoms with van der Waals surface area (Å²) in [7, 11) is 0. The third-order valence-corrected chi connectivity index (χ3v) is 3.87. The van der Waals surface area contributed by atoms with Gasteiger partial charge in [0.15, 0.2) is 5.13 Å². The highest BCUT2D eigenvalue weighted by Crippen LogP contribution is 2.24. The second-order valence-corrected chi connectivity index (χ2v) is 6.21. The van der Waals surface area contributed by atoms with Gasteiger partial charge in [0.2, 0.25) is 5.91 Å². The van der Waals surface area contributed by atoms with Gasteiger partial charge in [0.05, 0.1) is 16.4 Å². The monoisotopic (exact) mass is 348 g/mol. The average molecular weight is 350 g/mol. The molecule has 0 spiro atoms. The number of rotatable bonds is 3. The maximum Gasteiger partial charge on any atom is 0.230 e. The predicted octanol–water partition coefficient (Wildman–Crippen LogP) is 3.88. The Morgan fingerprint density at radius 2 is 2.33 bits per heavy atom. The molecule has 2 aromatic rings. The van der Waals surface area contributed by atoms with E-state index < -0.39 is 5.82 Å². The second kappa shape index (κ2) is 5.77. The molecule has 94 valence electrons. The minimum Gasteiger partial charge on any atom is -0.302 e. The van der Waals surface area contributed by atoms with E-state index in [2.05, 4.69) is 26.2 Å². The predicted molar refractivity (Wildman–Crippen MR) is 73.6 cm³/mol. The first kappa shape index (κ1) is 13.5. The molecule has 0 bridgehead atoms. The van der Waals surface area contributed by atoms with Crippen LogP contribution < -0.4 is 5.32 Å². The fourth-order valence-electron chi connectivity index (χ4n) is 1.34. The summed E-state index contributed by atoms with van der Waals surface area (Å²) in [5.41, 5.74) is 0.187. The fourth-order valence-corrected chi connectivity index (χ4v) is 2.69. The molecule has 1 heterocycles. The molecule has 0 aliphatic heterocycles. The molecule has 1 aromatic carbocycles. The number of benzene rings is 1. The van der Waals surface area contributed by atoms with Crippen LogP contribution in [0.4, 0.5) is 9.52 Å². The lowest BCUT2D eigenvalue weighted by molar-refractivity contribution is -0.115. The van der Waals surface area contributed by atoms with Gasteiger partial charge in [0.1, 0.15) is 5.82 Å². The molecule has 2 rings (SSSR count). The highest BCUT2D eigenvalue weighted by Gasteiger charge is 2.13. The third kappa shape index (κ3) is 3.28. The number of hydrogen-bond donors (Lipinski definition) is 1. The van der Waals surface area contributed by atoms with E-state index in [0.717, 1.165) is 3.79 Å². The van der Waals surface area contributed by atoms with Gasteiger partial charge in [-0.2, -0.15) is 0 Å². The molecule has 0 radical (unpaired) electrons. The summed E-state index contributed by atoms with van der Waals surface area (Å²) in [6, 6.07) is 4.32. The zero-order valence-electron chi connectivity index (χ0n) is 8.91. The van der Waals surface area contributed by atoms with E-state index in [0.29, 0.717) is 5.13 Å². The molecule has 0 aliphatic carbocycles. The molecule has 1 N–H and O–H groups in total. The molecular weight excluding hydrogens is 343 g/mol. The summed E-state index contributed by atoms with van der Waals surface area (Å²) in [6.45, 7) is 0. The summed E-state index contributed by atoms with van der Waals surface area (Å²) < 4.78 is 14.3. The van der Waals surface area contributed by atoms with Gasteiger partial charge in [-0.1, -0.05) is 29.0 Å². The van der Waals surface area contributed by atoms with Gasteiger partial charge < -0.3 is 5.32 Å². The van der Waals surface area contributed by atoms with Gasteiger partial charge in [0, 0.05) is 10.6 Å². The largest absolute Gasteiger partial charge is 0.302 e. The number of halogens is 3. The molecule has 0 aliphatic rings. The highest BCUT2D eigenvalue weighted by atomic mass is 79.9. The maximum absolute atomic E-state index is 13.5. The Hall–Kier alpha value is -0.980. The summed E-state index contributed by atoms with van der Waals surface area (Å²) >= 11 is 10.4. The Morgan fingerprint density at radius 3 is 2.94 bits per heavy atom. The van der Waals surface area contributed by atoms with Crippen LogP contribution in [-0.2, 0) is 11.2 Å². The highest BCUT2D eigenvalue weighted by molar-refractivity contribution is 9.11. The Morgan fingerprint density at radius 1 is 1.56 bits per heavy atom. The number of amides is 1. The molecular formula is C11H7BrClFN2OS. The van der Waals surface area contributed by atoms with Gasteiger partial charge in [-0.05, 0) is 28.1 Å². The number of thiazole rings is 1. The van der Waals surface area contributed by atoms with Crippen molar-refractivity contribution in [2.75, 3.05) is 5.32 Å². The third-order valence-electron chi connectivity index (χ3n) is 2.12. The van der Waals surface area contributed by atoms with Crippen molar-refractivity contribution in [3.05, 3.63) is 44.6 Å². The maximum atomic E-state index is 13.5. The van der Waals surface area contributed by atoms with Crippen molar-refractivity contribution in [1.29, 1.82) is 0 Å². The number of nitrogens with one attached hydrogen (secondary N) is 1. The van der Waals surface area contributed by atoms with Crippen molar-refractivity contribution in [1.82, 2.24) is 4.98 Å². The van der Waals surface area contributed by atoms with Crippen LogP contribution in [0, 0.1) is 5.82 Å². The Bertz CT molecular complexity index is 570. The van der Waals surface area contributed by atoms with E-state index in [4.69, 9.17) is 11.6 Å². The topological polar surface area (TPSA) is 42.0 Å². The van der Waals surface area contributed by atoms with Crippen molar-refractivity contribution in [3.8, 4) is 0 Å². The molecule has 0 fully saturated rings. The van der Waals surface area contributed by atoms with E-state index >= 15 is 0 Å². The summed E-state index contributed by atoms with van der Waals surface area (Å²) in [5.74, 6) is -0.846. The van der Waals surface area contributed by atoms with Crippen LogP contribution in [0.2, 0.25) is 5.02 Å². The Labute approximate surface area is 120 Å². The van der Waals surface area contributed by atoms with Gasteiger partial charge in [0.25, 0.3) is 0 Å². The first-order valence-electron chi connectivity index (χ1n) is 4.90. The van der Waals surface area contributed by atoms with Crippen LogP contribution in [0.5, 0.6) is 0 Å². The fraction of sp³-hybridized carbons (Fsp3) is 0.0909. The molecule has 0 saturated carbocycles. The van der Waals surface area contributed by atoms with Gasteiger partial charge in [-0.25, -0.2) is 9.37 Å². The molecule has 7 heteroatoms. The number of hydrogen-bond acceptors (Lipinski definition) is 3. The summed E-state index contributed by atoms with van der Waals surface area (Å²) in [6.07, 6.45) is 1.46. The zero-order valence-corrected chi connectivity index (χ0v) is 12.1. The van der Waals surface area contributed by atoms with Gasteiger partial charge in [-0.3, -0.25) is 4.79 Å². The Balaban J connectivity index is 2.08. The van der Waals surface area contributed by atoms with Crippen molar-refractivity contribution in [2.24, 2.45) is 0 Å². The van der Waals surface area contributed by atoms with Crippen LogP contribution in [-0.4, -0.2) is 10.9 Å². The lowest BCUT2D eigenvalue weighted by Crippen LogP contribution is -2.15. The molecule has 0 unspecified atom stereocenters. The van der Waals surface area contributed by atoms with Gasteiger partial charge in [-0.15, -0.1) is 0 Å². The van der Waals surface area contributed by atoms with Crippen molar-refractivity contribution in [2.45, 2.75) is 6.42 Å². The summed E-state index contributed by atoms with van der Waals surface area (Å²) in [5, 5.41) is 3.28. The molecule has 0 atom stereocenters. The number of aromatic nitrogens is 1. The van der Waals surface area contributed by atoms with Crippen LogP contribution in [0.1, 0.15) is 5.56 Å². The van der Waals surface area contributed by atoms with Crippen LogP contribution in [0.3, 0.4) is 0 Å². The van der Waals surface area contributed by atoms with Crippen molar-refractivity contribution >= 4 is 49.9 Å². The van der Waals surface area contributed by atoms with E-state index in [9.17, 15) is 9.18 Å². The lowest BCUT2D eigenvalue weighted by Gasteiger charge is -2.05. The number of anilines is 1. The molecule has 3 nitrogen and oxygen atoms in total. The van der Waals surface area contributed by atoms with Crippen LogP contribution in [0.15, 0.2) is 28.2 Å². The lowest BCUT2D eigenvalue weighted by atomic mass is 10.1. The average Bonchev–Trinajstić information content (AvgIpc) is 2.69. The Kier molecular flexibility index (Phi) is 4.31. The zero-order chi connectivity index (χ0) is 13.1. The second-order valence-electron chi connectivity index (χ2n) is 3.39. The quantitative estimate of drug-likeness (QED) is 0.913. The van der Waals surface area contributed by atoms with Crippen molar-refractivity contribution < 1.29 is 9.18 Å². The van der Waals surface area contributed by atoms with E-state index in [1.165, 1.54) is 23.5 Å². The normalized spacial score (nSPS) is 10.4. The smallest absolute Gasteiger partial charge is 0.230 e. The molecule has 18 heavy (non-hydrogen) atoms. The number of carbonyl (C=O) groups is 1. The van der Waals surface area contributed by atoms with E-state index in [1.54, 1.807) is 12.3 Å². The minimum absolute atomic E-state index is 0.122.